The van der Waals surface area contributed by atoms with Gasteiger partial charge in [-0.15, -0.1) is 0 Å². The van der Waals surface area contributed by atoms with Crippen molar-refractivity contribution in [1.29, 1.82) is 0 Å². The van der Waals surface area contributed by atoms with Crippen LogP contribution in [0, 0.1) is 5.92 Å². The van der Waals surface area contributed by atoms with Crippen molar-refractivity contribution in [2.45, 2.75) is 31.7 Å². The third kappa shape index (κ3) is 2.21. The Morgan fingerprint density at radius 3 is 2.77 bits per heavy atom. The summed E-state index contributed by atoms with van der Waals surface area (Å²) >= 11 is 0. The Hall–Kier alpha value is -0.570. The molecule has 74 valence electrons. The lowest BCUT2D eigenvalue weighted by atomic mass is 10.2. The second-order valence-corrected chi connectivity index (χ2v) is 4.31. The van der Waals surface area contributed by atoms with Gasteiger partial charge in [-0.25, -0.2) is 0 Å². The highest BCUT2D eigenvalue weighted by Crippen LogP contribution is 2.29. The molecule has 1 heterocycles. The van der Waals surface area contributed by atoms with E-state index < -0.39 is 0 Å². The fourth-order valence-corrected chi connectivity index (χ4v) is 1.94. The minimum Gasteiger partial charge on any atom is -0.344 e. The molecule has 0 spiro atoms. The number of rotatable bonds is 3. The van der Waals surface area contributed by atoms with E-state index in [1.807, 2.05) is 11.9 Å². The fourth-order valence-electron chi connectivity index (χ4n) is 1.94. The molecule has 3 nitrogen and oxygen atoms in total. The molecule has 1 aliphatic heterocycles. The molecule has 0 unspecified atom stereocenters. The van der Waals surface area contributed by atoms with Gasteiger partial charge in [-0.05, 0) is 38.1 Å². The summed E-state index contributed by atoms with van der Waals surface area (Å²) in [4.78, 5) is 13.7. The summed E-state index contributed by atoms with van der Waals surface area (Å²) in [6.07, 6.45) is 4.80. The van der Waals surface area contributed by atoms with Gasteiger partial charge in [-0.2, -0.15) is 0 Å². The van der Waals surface area contributed by atoms with Crippen LogP contribution in [0.1, 0.15) is 25.7 Å². The molecular formula is C10H18N2O. The molecule has 0 bridgehead atoms. The molecule has 0 aromatic rings. The zero-order valence-corrected chi connectivity index (χ0v) is 8.25. The standard InChI is InChI=1S/C10H18N2O/c1-12(7-8-4-5-8)10(13)9-3-2-6-11-9/h8-9,11H,2-7H2,1H3/t9-/m1/s1. The second kappa shape index (κ2) is 3.66. The van der Waals surface area contributed by atoms with E-state index in [1.54, 1.807) is 0 Å². The number of hydrogen-bond donors (Lipinski definition) is 1. The van der Waals surface area contributed by atoms with Gasteiger partial charge >= 0.3 is 0 Å². The molecule has 1 saturated heterocycles. The Morgan fingerprint density at radius 1 is 1.46 bits per heavy atom. The first-order valence-corrected chi connectivity index (χ1v) is 5.26. The largest absolute Gasteiger partial charge is 0.344 e. The summed E-state index contributed by atoms with van der Waals surface area (Å²) in [6, 6.07) is 0.115. The van der Waals surface area contributed by atoms with Gasteiger partial charge in [0.15, 0.2) is 0 Å². The quantitative estimate of drug-likeness (QED) is 0.693. The molecule has 0 aromatic heterocycles. The van der Waals surface area contributed by atoms with Crippen LogP contribution in [0.4, 0.5) is 0 Å². The molecule has 1 atom stereocenters. The fraction of sp³-hybridized carbons (Fsp3) is 0.900. The minimum absolute atomic E-state index is 0.115. The van der Waals surface area contributed by atoms with Crippen LogP contribution in [0.3, 0.4) is 0 Å². The number of nitrogens with zero attached hydrogens (tertiary/aromatic N) is 1. The lowest BCUT2D eigenvalue weighted by Gasteiger charge is -2.20. The van der Waals surface area contributed by atoms with Gasteiger partial charge in [0.2, 0.25) is 5.91 Å². The van der Waals surface area contributed by atoms with Crippen LogP contribution < -0.4 is 5.32 Å². The summed E-state index contributed by atoms with van der Waals surface area (Å²) in [6.45, 7) is 1.98. The Labute approximate surface area is 79.5 Å². The van der Waals surface area contributed by atoms with Gasteiger partial charge in [0.05, 0.1) is 6.04 Å². The normalized spacial score (nSPS) is 27.6. The molecular weight excluding hydrogens is 164 g/mol. The number of likely N-dealkylation sites (N-methyl/N-ethyl adjacent to an activating group) is 1. The van der Waals surface area contributed by atoms with E-state index in [1.165, 1.54) is 12.8 Å². The molecule has 0 aromatic carbocycles. The van der Waals surface area contributed by atoms with Gasteiger partial charge in [0.25, 0.3) is 0 Å². The number of carbonyl (C=O) groups is 1. The first kappa shape index (κ1) is 9.00. The Morgan fingerprint density at radius 2 is 2.23 bits per heavy atom. The van der Waals surface area contributed by atoms with E-state index in [-0.39, 0.29) is 6.04 Å². The second-order valence-electron chi connectivity index (χ2n) is 4.31. The van der Waals surface area contributed by atoms with E-state index in [0.29, 0.717) is 5.91 Å². The summed E-state index contributed by atoms with van der Waals surface area (Å²) in [5.41, 5.74) is 0. The third-order valence-corrected chi connectivity index (χ3v) is 2.96. The number of nitrogens with one attached hydrogen (secondary N) is 1. The van der Waals surface area contributed by atoms with Crippen molar-refractivity contribution in [1.82, 2.24) is 10.2 Å². The van der Waals surface area contributed by atoms with Crippen LogP contribution in [0.25, 0.3) is 0 Å². The van der Waals surface area contributed by atoms with Crippen molar-refractivity contribution in [3.8, 4) is 0 Å². The molecule has 2 rings (SSSR count). The Bertz CT molecular complexity index is 195. The molecule has 2 aliphatic rings. The van der Waals surface area contributed by atoms with Crippen LogP contribution in [0.2, 0.25) is 0 Å². The van der Waals surface area contributed by atoms with E-state index in [0.717, 1.165) is 31.8 Å². The molecule has 1 N–H and O–H groups in total. The molecule has 0 radical (unpaired) electrons. The van der Waals surface area contributed by atoms with E-state index >= 15 is 0 Å². The van der Waals surface area contributed by atoms with E-state index in [2.05, 4.69) is 5.32 Å². The maximum absolute atomic E-state index is 11.8. The van der Waals surface area contributed by atoms with Crippen molar-refractivity contribution >= 4 is 5.91 Å². The lowest BCUT2D eigenvalue weighted by molar-refractivity contribution is -0.131. The van der Waals surface area contributed by atoms with Crippen molar-refractivity contribution in [3.63, 3.8) is 0 Å². The average Bonchev–Trinajstić information content (AvgIpc) is 2.78. The van der Waals surface area contributed by atoms with Crippen LogP contribution in [0.5, 0.6) is 0 Å². The van der Waals surface area contributed by atoms with Gasteiger partial charge in [0.1, 0.15) is 0 Å². The summed E-state index contributed by atoms with van der Waals surface area (Å²) in [5.74, 6) is 1.10. The maximum Gasteiger partial charge on any atom is 0.239 e. The molecule has 1 saturated carbocycles. The highest BCUT2D eigenvalue weighted by atomic mass is 16.2. The van der Waals surface area contributed by atoms with Crippen LogP contribution >= 0.6 is 0 Å². The first-order chi connectivity index (χ1) is 6.27. The summed E-state index contributed by atoms with van der Waals surface area (Å²) < 4.78 is 0. The van der Waals surface area contributed by atoms with Crippen molar-refractivity contribution in [2.75, 3.05) is 20.1 Å². The predicted molar refractivity (Wildman–Crippen MR) is 51.4 cm³/mol. The highest BCUT2D eigenvalue weighted by Gasteiger charge is 2.29. The van der Waals surface area contributed by atoms with Crippen molar-refractivity contribution in [3.05, 3.63) is 0 Å². The van der Waals surface area contributed by atoms with E-state index in [4.69, 9.17) is 0 Å². The van der Waals surface area contributed by atoms with Crippen LogP contribution in [-0.4, -0.2) is 37.0 Å². The van der Waals surface area contributed by atoms with Crippen molar-refractivity contribution in [2.24, 2.45) is 5.92 Å². The predicted octanol–water partition coefficient (Wildman–Crippen LogP) is 0.607. The Kier molecular flexibility index (Phi) is 2.54. The number of hydrogen-bond acceptors (Lipinski definition) is 2. The number of amides is 1. The molecule has 13 heavy (non-hydrogen) atoms. The van der Waals surface area contributed by atoms with Crippen molar-refractivity contribution < 1.29 is 4.79 Å². The zero-order valence-electron chi connectivity index (χ0n) is 8.25. The monoisotopic (exact) mass is 182 g/mol. The SMILES string of the molecule is CN(CC1CC1)C(=O)[C@H]1CCCN1. The molecule has 1 aliphatic carbocycles. The van der Waals surface area contributed by atoms with Gasteiger partial charge in [0, 0.05) is 13.6 Å². The third-order valence-electron chi connectivity index (χ3n) is 2.96. The average molecular weight is 182 g/mol. The van der Waals surface area contributed by atoms with Crippen LogP contribution in [-0.2, 0) is 4.79 Å². The molecule has 1 amide bonds. The summed E-state index contributed by atoms with van der Waals surface area (Å²) in [5, 5.41) is 3.24. The molecule has 3 heteroatoms. The summed E-state index contributed by atoms with van der Waals surface area (Å²) in [7, 11) is 1.93. The highest BCUT2D eigenvalue weighted by molar-refractivity contribution is 5.81. The van der Waals surface area contributed by atoms with Crippen LogP contribution in [0.15, 0.2) is 0 Å². The van der Waals surface area contributed by atoms with Gasteiger partial charge < -0.3 is 10.2 Å². The minimum atomic E-state index is 0.115. The number of carbonyl (C=O) groups excluding carboxylic acids is 1. The lowest BCUT2D eigenvalue weighted by Crippen LogP contribution is -2.42. The van der Waals surface area contributed by atoms with E-state index in [9.17, 15) is 4.79 Å². The molecule has 2 fully saturated rings. The first-order valence-electron chi connectivity index (χ1n) is 5.26. The van der Waals surface area contributed by atoms with Gasteiger partial charge in [-0.3, -0.25) is 4.79 Å². The van der Waals surface area contributed by atoms with Gasteiger partial charge in [-0.1, -0.05) is 0 Å². The maximum atomic E-state index is 11.8. The Balaban J connectivity index is 1.79. The smallest absolute Gasteiger partial charge is 0.239 e. The topological polar surface area (TPSA) is 32.3 Å². The zero-order chi connectivity index (χ0) is 9.26.